The second-order valence-corrected chi connectivity index (χ2v) is 3.75. The van der Waals surface area contributed by atoms with Crippen molar-refractivity contribution in [3.05, 3.63) is 23.7 Å². The minimum absolute atomic E-state index is 0.0551. The Balaban J connectivity index is 2.63. The number of nitrogens with one attached hydrogen (secondary N) is 1. The highest BCUT2D eigenvalue weighted by atomic mass is 19.1. The lowest BCUT2D eigenvalue weighted by Gasteiger charge is -2.20. The summed E-state index contributed by atoms with van der Waals surface area (Å²) in [6, 6.07) is -0.155. The van der Waals surface area contributed by atoms with Crippen LogP contribution in [-0.4, -0.2) is 6.04 Å². The Kier molecular flexibility index (Phi) is 3.52. The second-order valence-electron chi connectivity index (χ2n) is 3.75. The first-order valence-electron chi connectivity index (χ1n) is 4.98. The summed E-state index contributed by atoms with van der Waals surface area (Å²) in [7, 11) is 0. The third-order valence-corrected chi connectivity index (χ3v) is 2.51. The SMILES string of the molecule is CCCC(C)C1=CNC(C)C(F)=C1. The molecule has 2 heteroatoms. The maximum absolute atomic E-state index is 13.2. The quantitative estimate of drug-likeness (QED) is 0.708. The zero-order valence-electron chi connectivity index (χ0n) is 8.60. The lowest BCUT2D eigenvalue weighted by atomic mass is 9.94. The molecule has 0 aromatic rings. The molecule has 2 unspecified atom stereocenters. The van der Waals surface area contributed by atoms with Gasteiger partial charge in [0, 0.05) is 6.20 Å². The molecule has 0 aliphatic carbocycles. The fourth-order valence-electron chi connectivity index (χ4n) is 1.51. The molecule has 0 radical (unpaired) electrons. The summed E-state index contributed by atoms with van der Waals surface area (Å²) in [6.07, 6.45) is 5.87. The van der Waals surface area contributed by atoms with E-state index in [1.54, 1.807) is 6.08 Å². The van der Waals surface area contributed by atoms with Crippen LogP contribution in [0.1, 0.15) is 33.6 Å². The van der Waals surface area contributed by atoms with Gasteiger partial charge in [0.1, 0.15) is 5.83 Å². The molecule has 1 nitrogen and oxygen atoms in total. The van der Waals surface area contributed by atoms with Crippen LogP contribution in [0.2, 0.25) is 0 Å². The molecule has 1 aliphatic heterocycles. The van der Waals surface area contributed by atoms with Crippen molar-refractivity contribution in [3.8, 4) is 0 Å². The summed E-state index contributed by atoms with van der Waals surface area (Å²) < 4.78 is 13.2. The summed E-state index contributed by atoms with van der Waals surface area (Å²) >= 11 is 0. The number of halogens is 1. The molecule has 1 rings (SSSR count). The van der Waals surface area contributed by atoms with Crippen LogP contribution in [0.4, 0.5) is 4.39 Å². The maximum Gasteiger partial charge on any atom is 0.122 e. The van der Waals surface area contributed by atoms with Crippen molar-refractivity contribution in [1.82, 2.24) is 5.32 Å². The minimum atomic E-state index is -0.155. The minimum Gasteiger partial charge on any atom is -0.382 e. The normalized spacial score (nSPS) is 24.5. The first-order valence-corrected chi connectivity index (χ1v) is 4.98. The lowest BCUT2D eigenvalue weighted by Crippen LogP contribution is -2.25. The number of allylic oxidation sites excluding steroid dienone is 2. The van der Waals surface area contributed by atoms with Crippen LogP contribution in [0.3, 0.4) is 0 Å². The highest BCUT2D eigenvalue weighted by Crippen LogP contribution is 2.22. The van der Waals surface area contributed by atoms with Gasteiger partial charge in [0.25, 0.3) is 0 Å². The van der Waals surface area contributed by atoms with Crippen molar-refractivity contribution >= 4 is 0 Å². The van der Waals surface area contributed by atoms with Gasteiger partial charge in [-0.1, -0.05) is 20.3 Å². The Bertz CT molecular complexity index is 230. The van der Waals surface area contributed by atoms with Crippen LogP contribution < -0.4 is 5.32 Å². The zero-order valence-corrected chi connectivity index (χ0v) is 8.60. The van der Waals surface area contributed by atoms with E-state index in [2.05, 4.69) is 19.2 Å². The molecule has 0 aromatic heterocycles. The molecule has 0 saturated heterocycles. The Morgan fingerprint density at radius 1 is 1.62 bits per heavy atom. The predicted molar refractivity (Wildman–Crippen MR) is 53.9 cm³/mol. The van der Waals surface area contributed by atoms with E-state index in [1.807, 2.05) is 13.1 Å². The molecule has 74 valence electrons. The Hall–Kier alpha value is -0.790. The molecule has 0 amide bonds. The van der Waals surface area contributed by atoms with Crippen molar-refractivity contribution in [1.29, 1.82) is 0 Å². The van der Waals surface area contributed by atoms with Gasteiger partial charge in [0.2, 0.25) is 0 Å². The van der Waals surface area contributed by atoms with E-state index >= 15 is 0 Å². The van der Waals surface area contributed by atoms with E-state index in [9.17, 15) is 4.39 Å². The van der Waals surface area contributed by atoms with E-state index in [4.69, 9.17) is 0 Å². The summed E-state index contributed by atoms with van der Waals surface area (Å²) in [4.78, 5) is 0. The summed E-state index contributed by atoms with van der Waals surface area (Å²) in [5.41, 5.74) is 1.08. The predicted octanol–water partition coefficient (Wildman–Crippen LogP) is 3.15. The zero-order chi connectivity index (χ0) is 9.84. The molecule has 0 saturated carbocycles. The van der Waals surface area contributed by atoms with Gasteiger partial charge in [-0.05, 0) is 30.9 Å². The first-order chi connectivity index (χ1) is 6.15. The summed E-state index contributed by atoms with van der Waals surface area (Å²) in [6.45, 7) is 6.11. The van der Waals surface area contributed by atoms with Crippen LogP contribution in [0, 0.1) is 5.92 Å². The molecule has 0 fully saturated rings. The molecule has 2 atom stereocenters. The highest BCUT2D eigenvalue weighted by molar-refractivity contribution is 5.28. The van der Waals surface area contributed by atoms with Gasteiger partial charge in [-0.25, -0.2) is 4.39 Å². The van der Waals surface area contributed by atoms with Gasteiger partial charge in [-0.3, -0.25) is 0 Å². The maximum atomic E-state index is 13.2. The number of rotatable bonds is 3. The average molecular weight is 183 g/mol. The fraction of sp³-hybridized carbons (Fsp3) is 0.636. The number of hydrogen-bond donors (Lipinski definition) is 1. The van der Waals surface area contributed by atoms with Crippen molar-refractivity contribution in [2.45, 2.75) is 39.7 Å². The Morgan fingerprint density at radius 3 is 2.85 bits per heavy atom. The summed E-state index contributed by atoms with van der Waals surface area (Å²) in [5.74, 6) is 0.399. The van der Waals surface area contributed by atoms with E-state index < -0.39 is 0 Å². The van der Waals surface area contributed by atoms with Crippen LogP contribution in [0.15, 0.2) is 23.7 Å². The van der Waals surface area contributed by atoms with E-state index in [0.717, 1.165) is 18.4 Å². The number of dihydropyridines is 1. The van der Waals surface area contributed by atoms with Gasteiger partial charge in [-0.2, -0.15) is 0 Å². The lowest BCUT2D eigenvalue weighted by molar-refractivity contribution is 0.503. The van der Waals surface area contributed by atoms with E-state index in [1.165, 1.54) is 0 Å². The van der Waals surface area contributed by atoms with Crippen LogP contribution in [0.5, 0.6) is 0 Å². The third-order valence-electron chi connectivity index (χ3n) is 2.51. The van der Waals surface area contributed by atoms with Crippen molar-refractivity contribution in [2.75, 3.05) is 0 Å². The molecule has 1 aliphatic rings. The van der Waals surface area contributed by atoms with E-state index in [-0.39, 0.29) is 11.9 Å². The fourth-order valence-corrected chi connectivity index (χ4v) is 1.51. The standard InChI is InChI=1S/C11H18FN/c1-4-5-8(2)10-6-11(12)9(3)13-7-10/h6-9,13H,4-5H2,1-3H3. The van der Waals surface area contributed by atoms with Crippen molar-refractivity contribution < 1.29 is 4.39 Å². The largest absolute Gasteiger partial charge is 0.382 e. The van der Waals surface area contributed by atoms with Crippen LogP contribution in [0.25, 0.3) is 0 Å². The molecule has 13 heavy (non-hydrogen) atoms. The molecule has 1 heterocycles. The van der Waals surface area contributed by atoms with Gasteiger partial charge in [-0.15, -0.1) is 0 Å². The highest BCUT2D eigenvalue weighted by Gasteiger charge is 2.15. The van der Waals surface area contributed by atoms with Crippen molar-refractivity contribution in [3.63, 3.8) is 0 Å². The van der Waals surface area contributed by atoms with E-state index in [0.29, 0.717) is 5.92 Å². The summed E-state index contributed by atoms with van der Waals surface area (Å²) in [5, 5.41) is 3.02. The molecule has 0 spiro atoms. The molecule has 0 bridgehead atoms. The monoisotopic (exact) mass is 183 g/mol. The number of hydrogen-bond acceptors (Lipinski definition) is 1. The smallest absolute Gasteiger partial charge is 0.122 e. The average Bonchev–Trinajstić information content (AvgIpc) is 2.10. The van der Waals surface area contributed by atoms with Crippen molar-refractivity contribution in [2.24, 2.45) is 5.92 Å². The molecule has 1 N–H and O–H groups in total. The van der Waals surface area contributed by atoms with Gasteiger partial charge in [0.05, 0.1) is 6.04 Å². The first kappa shape index (κ1) is 10.3. The third kappa shape index (κ3) is 2.58. The molecule has 0 aromatic carbocycles. The Morgan fingerprint density at radius 2 is 2.31 bits per heavy atom. The van der Waals surface area contributed by atoms with Crippen LogP contribution >= 0.6 is 0 Å². The Labute approximate surface area is 79.7 Å². The molecular formula is C11H18FN. The van der Waals surface area contributed by atoms with Gasteiger partial charge >= 0.3 is 0 Å². The molecular weight excluding hydrogens is 165 g/mol. The van der Waals surface area contributed by atoms with Gasteiger partial charge in [0.15, 0.2) is 0 Å². The second kappa shape index (κ2) is 4.45. The van der Waals surface area contributed by atoms with Gasteiger partial charge < -0.3 is 5.32 Å². The van der Waals surface area contributed by atoms with Crippen LogP contribution in [-0.2, 0) is 0 Å². The topological polar surface area (TPSA) is 12.0 Å².